The fourth-order valence-electron chi connectivity index (χ4n) is 0.426. The third-order valence-electron chi connectivity index (χ3n) is 0.827. The standard InChI is InChI=1S/C5H4Cl2S/c1-3-4(6)2-5(7)8-3/h2H,1H3. The van der Waals surface area contributed by atoms with Gasteiger partial charge in [-0.3, -0.25) is 0 Å². The lowest BCUT2D eigenvalue weighted by Crippen LogP contribution is -1.52. The molecule has 0 saturated heterocycles. The average Bonchev–Trinajstić information content (AvgIpc) is 1.85. The number of rotatable bonds is 0. The number of halogens is 2. The minimum absolute atomic E-state index is 0.757. The zero-order valence-electron chi connectivity index (χ0n) is 4.24. The van der Waals surface area contributed by atoms with Crippen molar-refractivity contribution in [3.63, 3.8) is 0 Å². The maximum Gasteiger partial charge on any atom is 0.0946 e. The van der Waals surface area contributed by atoms with Crippen molar-refractivity contribution in [3.05, 3.63) is 20.3 Å². The molecule has 0 spiro atoms. The summed E-state index contributed by atoms with van der Waals surface area (Å²) in [6, 6.07) is 1.75. The van der Waals surface area contributed by atoms with Gasteiger partial charge in [-0.25, -0.2) is 0 Å². The fraction of sp³-hybridized carbons (Fsp3) is 0.200. The molecule has 3 heteroatoms. The zero-order chi connectivity index (χ0) is 6.15. The van der Waals surface area contributed by atoms with E-state index in [4.69, 9.17) is 23.2 Å². The summed E-state index contributed by atoms with van der Waals surface area (Å²) in [5, 5.41) is 0.764. The summed E-state index contributed by atoms with van der Waals surface area (Å²) in [6.07, 6.45) is 0. The largest absolute Gasteiger partial charge is 0.127 e. The van der Waals surface area contributed by atoms with Crippen LogP contribution in [0.4, 0.5) is 0 Å². The summed E-state index contributed by atoms with van der Waals surface area (Å²) in [4.78, 5) is 1.08. The molecule has 44 valence electrons. The lowest BCUT2D eigenvalue weighted by molar-refractivity contribution is 1.64. The first-order valence-electron chi connectivity index (χ1n) is 2.11. The third-order valence-corrected chi connectivity index (χ3v) is 2.51. The van der Waals surface area contributed by atoms with Crippen LogP contribution in [0, 0.1) is 6.92 Å². The van der Waals surface area contributed by atoms with Crippen LogP contribution < -0.4 is 0 Å². The molecule has 0 atom stereocenters. The molecular weight excluding hydrogens is 163 g/mol. The molecule has 1 heterocycles. The molecule has 0 aliphatic rings. The Morgan fingerprint density at radius 2 is 2.12 bits per heavy atom. The van der Waals surface area contributed by atoms with Gasteiger partial charge in [-0.2, -0.15) is 0 Å². The van der Waals surface area contributed by atoms with Gasteiger partial charge in [0.05, 0.1) is 9.36 Å². The van der Waals surface area contributed by atoms with Crippen molar-refractivity contribution < 1.29 is 0 Å². The van der Waals surface area contributed by atoms with E-state index in [1.807, 2.05) is 6.92 Å². The molecule has 0 nitrogen and oxygen atoms in total. The van der Waals surface area contributed by atoms with E-state index in [0.717, 1.165) is 14.2 Å². The van der Waals surface area contributed by atoms with Gasteiger partial charge < -0.3 is 0 Å². The molecule has 0 N–H and O–H groups in total. The molecule has 0 amide bonds. The summed E-state index contributed by atoms with van der Waals surface area (Å²) in [6.45, 7) is 1.94. The van der Waals surface area contributed by atoms with E-state index in [0.29, 0.717) is 0 Å². The Morgan fingerprint density at radius 1 is 1.50 bits per heavy atom. The van der Waals surface area contributed by atoms with E-state index in [1.54, 1.807) is 6.07 Å². The monoisotopic (exact) mass is 166 g/mol. The molecule has 1 aromatic rings. The minimum Gasteiger partial charge on any atom is -0.127 e. The lowest BCUT2D eigenvalue weighted by Gasteiger charge is -1.76. The van der Waals surface area contributed by atoms with Crippen molar-refractivity contribution in [2.45, 2.75) is 6.92 Å². The summed E-state index contributed by atoms with van der Waals surface area (Å²) in [5.41, 5.74) is 0. The molecule has 8 heavy (non-hydrogen) atoms. The molecule has 0 bridgehead atoms. The second-order valence-corrected chi connectivity index (χ2v) is 3.75. The first kappa shape index (κ1) is 6.40. The molecular formula is C5H4Cl2S. The Morgan fingerprint density at radius 3 is 2.25 bits per heavy atom. The van der Waals surface area contributed by atoms with Crippen molar-refractivity contribution >= 4 is 34.5 Å². The van der Waals surface area contributed by atoms with Gasteiger partial charge in [0.1, 0.15) is 0 Å². The predicted molar refractivity (Wildman–Crippen MR) is 39.1 cm³/mol. The van der Waals surface area contributed by atoms with Crippen LogP contribution in [0.2, 0.25) is 9.36 Å². The van der Waals surface area contributed by atoms with Crippen molar-refractivity contribution in [2.24, 2.45) is 0 Å². The highest BCUT2D eigenvalue weighted by molar-refractivity contribution is 7.16. The average molecular weight is 167 g/mol. The molecule has 0 aromatic carbocycles. The summed E-state index contributed by atoms with van der Waals surface area (Å²) in [5.74, 6) is 0. The van der Waals surface area contributed by atoms with Gasteiger partial charge in [-0.1, -0.05) is 23.2 Å². The van der Waals surface area contributed by atoms with Crippen molar-refractivity contribution in [1.29, 1.82) is 0 Å². The summed E-state index contributed by atoms with van der Waals surface area (Å²) < 4.78 is 0.757. The fourth-order valence-corrected chi connectivity index (χ4v) is 1.85. The van der Waals surface area contributed by atoms with Crippen LogP contribution in [0.1, 0.15) is 4.88 Å². The molecule has 0 aliphatic heterocycles. The zero-order valence-corrected chi connectivity index (χ0v) is 6.57. The third kappa shape index (κ3) is 1.16. The second kappa shape index (κ2) is 2.26. The first-order chi connectivity index (χ1) is 3.70. The smallest absolute Gasteiger partial charge is 0.0946 e. The Labute approximate surface area is 62.0 Å². The van der Waals surface area contributed by atoms with E-state index in [-0.39, 0.29) is 0 Å². The van der Waals surface area contributed by atoms with Gasteiger partial charge in [0, 0.05) is 4.88 Å². The number of aryl methyl sites for hydroxylation is 1. The van der Waals surface area contributed by atoms with Crippen molar-refractivity contribution in [2.75, 3.05) is 0 Å². The highest BCUT2D eigenvalue weighted by Gasteiger charge is 1.97. The van der Waals surface area contributed by atoms with E-state index in [9.17, 15) is 0 Å². The van der Waals surface area contributed by atoms with Gasteiger partial charge in [0.2, 0.25) is 0 Å². The van der Waals surface area contributed by atoms with E-state index in [2.05, 4.69) is 0 Å². The molecule has 0 radical (unpaired) electrons. The topological polar surface area (TPSA) is 0 Å². The molecule has 0 unspecified atom stereocenters. The van der Waals surface area contributed by atoms with Crippen LogP contribution in [0.15, 0.2) is 6.07 Å². The van der Waals surface area contributed by atoms with Gasteiger partial charge in [-0.05, 0) is 13.0 Å². The molecule has 0 aliphatic carbocycles. The maximum atomic E-state index is 5.66. The Balaban J connectivity index is 3.14. The second-order valence-electron chi connectivity index (χ2n) is 1.45. The van der Waals surface area contributed by atoms with Crippen LogP contribution in [0.25, 0.3) is 0 Å². The first-order valence-corrected chi connectivity index (χ1v) is 3.69. The van der Waals surface area contributed by atoms with Crippen molar-refractivity contribution in [3.8, 4) is 0 Å². The quantitative estimate of drug-likeness (QED) is 0.555. The Kier molecular flexibility index (Phi) is 1.81. The van der Waals surface area contributed by atoms with Gasteiger partial charge in [0.25, 0.3) is 0 Å². The van der Waals surface area contributed by atoms with Crippen molar-refractivity contribution in [1.82, 2.24) is 0 Å². The van der Waals surface area contributed by atoms with Crippen LogP contribution >= 0.6 is 34.5 Å². The number of hydrogen-bond acceptors (Lipinski definition) is 1. The normalized spacial score (nSPS) is 9.88. The highest BCUT2D eigenvalue weighted by Crippen LogP contribution is 2.28. The van der Waals surface area contributed by atoms with Crippen LogP contribution in [-0.2, 0) is 0 Å². The Hall–Kier alpha value is 0.280. The van der Waals surface area contributed by atoms with Gasteiger partial charge >= 0.3 is 0 Å². The minimum atomic E-state index is 0.757. The number of hydrogen-bond donors (Lipinski definition) is 0. The Bertz CT molecular complexity index is 173. The van der Waals surface area contributed by atoms with E-state index < -0.39 is 0 Å². The summed E-state index contributed by atoms with van der Waals surface area (Å²) in [7, 11) is 0. The lowest BCUT2D eigenvalue weighted by atomic mass is 10.5. The van der Waals surface area contributed by atoms with E-state index >= 15 is 0 Å². The molecule has 0 saturated carbocycles. The van der Waals surface area contributed by atoms with E-state index in [1.165, 1.54) is 11.3 Å². The number of thiophene rings is 1. The van der Waals surface area contributed by atoms with Crippen LogP contribution in [0.5, 0.6) is 0 Å². The summed E-state index contributed by atoms with van der Waals surface area (Å²) >= 11 is 12.8. The SMILES string of the molecule is Cc1sc(Cl)cc1Cl. The molecule has 1 aromatic heterocycles. The highest BCUT2D eigenvalue weighted by atomic mass is 35.5. The predicted octanol–water partition coefficient (Wildman–Crippen LogP) is 3.36. The van der Waals surface area contributed by atoms with Gasteiger partial charge in [0.15, 0.2) is 0 Å². The molecule has 0 fully saturated rings. The van der Waals surface area contributed by atoms with Crippen LogP contribution in [0.3, 0.4) is 0 Å². The maximum absolute atomic E-state index is 5.66. The van der Waals surface area contributed by atoms with Gasteiger partial charge in [-0.15, -0.1) is 11.3 Å². The molecule has 1 rings (SSSR count). The van der Waals surface area contributed by atoms with Crippen LogP contribution in [-0.4, -0.2) is 0 Å².